The molecule has 0 unspecified atom stereocenters. The van der Waals surface area contributed by atoms with Crippen LogP contribution in [0.15, 0.2) is 48.5 Å². The second kappa shape index (κ2) is 8.17. The van der Waals surface area contributed by atoms with Gasteiger partial charge in [0.15, 0.2) is 0 Å². The molecule has 1 amide bonds. The summed E-state index contributed by atoms with van der Waals surface area (Å²) >= 11 is 0. The first-order valence-electron chi connectivity index (χ1n) is 7.89. The van der Waals surface area contributed by atoms with Crippen molar-refractivity contribution in [2.45, 2.75) is 13.0 Å². The Bertz CT molecular complexity index is 962. The number of nitrogens with zero attached hydrogens (tertiary/aromatic N) is 1. The van der Waals surface area contributed by atoms with Gasteiger partial charge < -0.3 is 10.1 Å². The fourth-order valence-electron chi connectivity index (χ4n) is 2.53. The van der Waals surface area contributed by atoms with E-state index in [-0.39, 0.29) is 16.9 Å². The van der Waals surface area contributed by atoms with Crippen LogP contribution in [0.2, 0.25) is 0 Å². The number of ether oxygens (including phenoxy) is 1. The van der Waals surface area contributed by atoms with Crippen LogP contribution in [0.3, 0.4) is 0 Å². The van der Waals surface area contributed by atoms with E-state index in [1.165, 1.54) is 44.4 Å². The SMILES string of the molecule is COC(=O)c1ccccc1NC(=O)[C@@H](C)N(c1ccccc1F)S(C)(=O)=O. The lowest BCUT2D eigenvalue weighted by Crippen LogP contribution is -2.45. The summed E-state index contributed by atoms with van der Waals surface area (Å²) in [5.74, 6) is -2.18. The fourth-order valence-corrected chi connectivity index (χ4v) is 3.70. The second-order valence-electron chi connectivity index (χ2n) is 5.71. The molecule has 1 atom stereocenters. The summed E-state index contributed by atoms with van der Waals surface area (Å²) in [5.41, 5.74) is 0.0180. The first-order valence-corrected chi connectivity index (χ1v) is 9.73. The third kappa shape index (κ3) is 4.62. The summed E-state index contributed by atoms with van der Waals surface area (Å²) in [6.07, 6.45) is 0.881. The monoisotopic (exact) mass is 394 g/mol. The number of anilines is 2. The minimum Gasteiger partial charge on any atom is -0.465 e. The third-order valence-electron chi connectivity index (χ3n) is 3.77. The Hall–Kier alpha value is -2.94. The van der Waals surface area contributed by atoms with Crippen LogP contribution in [0.1, 0.15) is 17.3 Å². The van der Waals surface area contributed by atoms with Crippen molar-refractivity contribution in [2.24, 2.45) is 0 Å². The van der Waals surface area contributed by atoms with Crippen LogP contribution in [-0.4, -0.2) is 39.7 Å². The zero-order valence-corrected chi connectivity index (χ0v) is 15.8. The van der Waals surface area contributed by atoms with Gasteiger partial charge in [-0.3, -0.25) is 9.10 Å². The van der Waals surface area contributed by atoms with Gasteiger partial charge in [0.2, 0.25) is 15.9 Å². The molecule has 0 fully saturated rings. The molecule has 2 rings (SSSR count). The molecule has 0 aromatic heterocycles. The van der Waals surface area contributed by atoms with Gasteiger partial charge in [0, 0.05) is 0 Å². The lowest BCUT2D eigenvalue weighted by molar-refractivity contribution is -0.116. The van der Waals surface area contributed by atoms with Crippen LogP contribution < -0.4 is 9.62 Å². The molecule has 2 aromatic carbocycles. The van der Waals surface area contributed by atoms with Crippen LogP contribution in [0.5, 0.6) is 0 Å². The van der Waals surface area contributed by atoms with E-state index in [9.17, 15) is 22.4 Å². The van der Waals surface area contributed by atoms with E-state index in [2.05, 4.69) is 10.1 Å². The van der Waals surface area contributed by atoms with Gasteiger partial charge in [0.1, 0.15) is 11.9 Å². The van der Waals surface area contributed by atoms with Gasteiger partial charge in [-0.2, -0.15) is 0 Å². The number of nitrogens with one attached hydrogen (secondary N) is 1. The minimum absolute atomic E-state index is 0.109. The molecule has 0 radical (unpaired) electrons. The average molecular weight is 394 g/mol. The number of halogens is 1. The molecule has 0 spiro atoms. The molecule has 0 bridgehead atoms. The van der Waals surface area contributed by atoms with E-state index in [1.807, 2.05) is 0 Å². The summed E-state index contributed by atoms with van der Waals surface area (Å²) < 4.78 is 43.9. The number of hydrogen-bond acceptors (Lipinski definition) is 5. The van der Waals surface area contributed by atoms with Gasteiger partial charge in [0.25, 0.3) is 0 Å². The maximum Gasteiger partial charge on any atom is 0.339 e. The maximum atomic E-state index is 14.1. The van der Waals surface area contributed by atoms with Crippen molar-refractivity contribution in [1.82, 2.24) is 0 Å². The van der Waals surface area contributed by atoms with E-state index >= 15 is 0 Å². The lowest BCUT2D eigenvalue weighted by Gasteiger charge is -2.28. The zero-order valence-electron chi connectivity index (χ0n) is 15.0. The van der Waals surface area contributed by atoms with Crippen LogP contribution in [0, 0.1) is 5.82 Å². The molecule has 0 aliphatic rings. The number of carbonyl (C=O) groups is 2. The first-order chi connectivity index (χ1) is 12.7. The molecule has 144 valence electrons. The second-order valence-corrected chi connectivity index (χ2v) is 7.57. The number of rotatable bonds is 6. The van der Waals surface area contributed by atoms with Gasteiger partial charge >= 0.3 is 5.97 Å². The molecule has 2 aromatic rings. The quantitative estimate of drug-likeness (QED) is 0.760. The molecule has 0 aliphatic carbocycles. The van der Waals surface area contributed by atoms with E-state index in [4.69, 9.17) is 0 Å². The van der Waals surface area contributed by atoms with Crippen molar-refractivity contribution in [3.63, 3.8) is 0 Å². The molecule has 7 nitrogen and oxygen atoms in total. The predicted molar refractivity (Wildman–Crippen MR) is 99.6 cm³/mol. The summed E-state index contributed by atoms with van der Waals surface area (Å²) in [5, 5.41) is 2.50. The summed E-state index contributed by atoms with van der Waals surface area (Å²) in [6.45, 7) is 1.32. The lowest BCUT2D eigenvalue weighted by atomic mass is 10.1. The van der Waals surface area contributed by atoms with Crippen molar-refractivity contribution in [2.75, 3.05) is 23.0 Å². The molecule has 0 aliphatic heterocycles. The number of benzene rings is 2. The summed E-state index contributed by atoms with van der Waals surface area (Å²) in [6, 6.07) is 10.1. The third-order valence-corrected chi connectivity index (χ3v) is 5.00. The molecular weight excluding hydrogens is 375 g/mol. The number of amides is 1. The van der Waals surface area contributed by atoms with Crippen molar-refractivity contribution >= 4 is 33.3 Å². The highest BCUT2D eigenvalue weighted by molar-refractivity contribution is 7.92. The topological polar surface area (TPSA) is 92.8 Å². The van der Waals surface area contributed by atoms with E-state index in [0.29, 0.717) is 4.31 Å². The fraction of sp³-hybridized carbons (Fsp3) is 0.222. The van der Waals surface area contributed by atoms with Crippen molar-refractivity contribution in [3.05, 3.63) is 59.9 Å². The highest BCUT2D eigenvalue weighted by Gasteiger charge is 2.31. The largest absolute Gasteiger partial charge is 0.465 e. The molecule has 27 heavy (non-hydrogen) atoms. The highest BCUT2D eigenvalue weighted by atomic mass is 32.2. The highest BCUT2D eigenvalue weighted by Crippen LogP contribution is 2.25. The number of esters is 1. The van der Waals surface area contributed by atoms with E-state index < -0.39 is 33.8 Å². The van der Waals surface area contributed by atoms with E-state index in [0.717, 1.165) is 12.3 Å². The molecular formula is C18H19FN2O5S. The van der Waals surface area contributed by atoms with Gasteiger partial charge in [-0.15, -0.1) is 0 Å². The van der Waals surface area contributed by atoms with Crippen LogP contribution in [0.4, 0.5) is 15.8 Å². The number of methoxy groups -OCH3 is 1. The molecule has 1 N–H and O–H groups in total. The van der Waals surface area contributed by atoms with Crippen LogP contribution in [0.25, 0.3) is 0 Å². The number of sulfonamides is 1. The Balaban J connectivity index is 2.38. The zero-order chi connectivity index (χ0) is 20.2. The molecule has 0 saturated heterocycles. The van der Waals surface area contributed by atoms with Crippen molar-refractivity contribution in [3.8, 4) is 0 Å². The Kier molecular flexibility index (Phi) is 6.17. The Morgan fingerprint density at radius 2 is 1.70 bits per heavy atom. The predicted octanol–water partition coefficient (Wildman–Crippen LogP) is 2.41. The van der Waals surface area contributed by atoms with Gasteiger partial charge in [-0.1, -0.05) is 24.3 Å². The smallest absolute Gasteiger partial charge is 0.339 e. The molecule has 0 heterocycles. The van der Waals surface area contributed by atoms with E-state index in [1.54, 1.807) is 12.1 Å². The molecule has 0 saturated carbocycles. The maximum absolute atomic E-state index is 14.1. The Morgan fingerprint density at radius 3 is 2.30 bits per heavy atom. The summed E-state index contributed by atoms with van der Waals surface area (Å²) in [7, 11) is -2.77. The first kappa shape index (κ1) is 20.4. The van der Waals surface area contributed by atoms with Crippen molar-refractivity contribution < 1.29 is 27.1 Å². The van der Waals surface area contributed by atoms with Crippen molar-refractivity contribution in [1.29, 1.82) is 0 Å². The number of carbonyl (C=O) groups excluding carboxylic acids is 2. The van der Waals surface area contributed by atoms with Crippen LogP contribution in [-0.2, 0) is 19.6 Å². The molecule has 9 heteroatoms. The summed E-state index contributed by atoms with van der Waals surface area (Å²) in [4.78, 5) is 24.5. The standard InChI is InChI=1S/C18H19FN2O5S/c1-12(21(27(3,24)25)16-11-7-5-9-14(16)19)17(22)20-15-10-6-4-8-13(15)18(23)26-2/h4-12H,1-3H3,(H,20,22)/t12-/m1/s1. The Morgan fingerprint density at radius 1 is 1.11 bits per heavy atom. The normalized spacial score (nSPS) is 12.1. The van der Waals surface area contributed by atoms with Crippen LogP contribution >= 0.6 is 0 Å². The number of para-hydroxylation sites is 2. The minimum atomic E-state index is -3.97. The van der Waals surface area contributed by atoms with Gasteiger partial charge in [0.05, 0.1) is 30.3 Å². The van der Waals surface area contributed by atoms with Gasteiger partial charge in [-0.25, -0.2) is 17.6 Å². The average Bonchev–Trinajstić information content (AvgIpc) is 2.62. The Labute approximate surface area is 156 Å². The number of hydrogen-bond donors (Lipinski definition) is 1. The van der Waals surface area contributed by atoms with Gasteiger partial charge in [-0.05, 0) is 31.2 Å².